The summed E-state index contributed by atoms with van der Waals surface area (Å²) in [5, 5.41) is 6.44. The van der Waals surface area contributed by atoms with Crippen molar-refractivity contribution in [2.75, 3.05) is 23.5 Å². The van der Waals surface area contributed by atoms with E-state index in [1.54, 1.807) is 25.1 Å². The highest BCUT2D eigenvalue weighted by Gasteiger charge is 2.16. The molecule has 4 N–H and O–H groups in total. The Morgan fingerprint density at radius 3 is 2.65 bits per heavy atom. The van der Waals surface area contributed by atoms with Crippen molar-refractivity contribution in [1.29, 1.82) is 0 Å². The Morgan fingerprint density at radius 1 is 1.23 bits per heavy atom. The molecule has 0 heterocycles. The number of methoxy groups -OCH3 is 1. The lowest BCUT2D eigenvalue weighted by Gasteiger charge is -2.18. The van der Waals surface area contributed by atoms with E-state index in [9.17, 15) is 9.59 Å². The van der Waals surface area contributed by atoms with Crippen LogP contribution >= 0.6 is 23.4 Å². The van der Waals surface area contributed by atoms with Crippen LogP contribution in [0.1, 0.15) is 6.92 Å². The van der Waals surface area contributed by atoms with Gasteiger partial charge in [0.05, 0.1) is 18.6 Å². The number of nitrogens with one attached hydrogen (secondary N) is 2. The molecule has 0 aliphatic rings. The summed E-state index contributed by atoms with van der Waals surface area (Å²) >= 11 is 7.30. The Bertz CT molecular complexity index is 801. The van der Waals surface area contributed by atoms with Gasteiger partial charge in [-0.2, -0.15) is 0 Å². The fourth-order valence-electron chi connectivity index (χ4n) is 2.18. The highest BCUT2D eigenvalue weighted by molar-refractivity contribution is 8.00. The highest BCUT2D eigenvalue weighted by Crippen LogP contribution is 2.29. The highest BCUT2D eigenvalue weighted by atomic mass is 35.5. The maximum absolute atomic E-state index is 12.5. The number of rotatable bonds is 8. The SMILES string of the molecule is COc1ccc(Cl)cc1NC(=O)[C@@H](C)Nc1ccccc1SCC(N)=O. The van der Waals surface area contributed by atoms with E-state index in [1.165, 1.54) is 18.9 Å². The molecule has 8 heteroatoms. The van der Waals surface area contributed by atoms with Crippen molar-refractivity contribution in [1.82, 2.24) is 0 Å². The molecule has 0 fully saturated rings. The molecule has 2 amide bonds. The van der Waals surface area contributed by atoms with E-state index in [0.29, 0.717) is 16.5 Å². The van der Waals surface area contributed by atoms with Crippen molar-refractivity contribution < 1.29 is 14.3 Å². The van der Waals surface area contributed by atoms with Crippen molar-refractivity contribution in [2.45, 2.75) is 17.9 Å². The van der Waals surface area contributed by atoms with E-state index in [1.807, 2.05) is 24.3 Å². The molecule has 2 rings (SSSR count). The van der Waals surface area contributed by atoms with Crippen molar-refractivity contribution in [2.24, 2.45) is 5.73 Å². The van der Waals surface area contributed by atoms with E-state index in [4.69, 9.17) is 22.1 Å². The first-order chi connectivity index (χ1) is 12.4. The number of anilines is 2. The zero-order chi connectivity index (χ0) is 19.1. The number of hydrogen-bond acceptors (Lipinski definition) is 5. The molecule has 6 nitrogen and oxygen atoms in total. The smallest absolute Gasteiger partial charge is 0.246 e. The minimum Gasteiger partial charge on any atom is -0.495 e. The van der Waals surface area contributed by atoms with Gasteiger partial charge in [-0.1, -0.05) is 23.7 Å². The van der Waals surface area contributed by atoms with Crippen LogP contribution in [0.2, 0.25) is 5.02 Å². The number of benzene rings is 2. The summed E-state index contributed by atoms with van der Waals surface area (Å²) in [6.07, 6.45) is 0. The predicted octanol–water partition coefficient (Wildman–Crippen LogP) is 3.37. The molecule has 0 bridgehead atoms. The normalized spacial score (nSPS) is 11.5. The van der Waals surface area contributed by atoms with Crippen LogP contribution in [0.5, 0.6) is 5.75 Å². The number of halogens is 1. The number of amides is 2. The Hall–Kier alpha value is -2.38. The van der Waals surface area contributed by atoms with Crippen LogP contribution in [0.25, 0.3) is 0 Å². The molecule has 26 heavy (non-hydrogen) atoms. The number of primary amides is 1. The van der Waals surface area contributed by atoms with Crippen LogP contribution < -0.4 is 21.1 Å². The van der Waals surface area contributed by atoms with Gasteiger partial charge in [-0.25, -0.2) is 0 Å². The first-order valence-electron chi connectivity index (χ1n) is 7.81. The zero-order valence-corrected chi connectivity index (χ0v) is 16.0. The maximum Gasteiger partial charge on any atom is 0.246 e. The second-order valence-electron chi connectivity index (χ2n) is 5.45. The molecule has 0 aromatic heterocycles. The molecule has 138 valence electrons. The average Bonchev–Trinajstić information content (AvgIpc) is 2.61. The third-order valence-electron chi connectivity index (χ3n) is 3.44. The summed E-state index contributed by atoms with van der Waals surface area (Å²) in [7, 11) is 1.52. The topological polar surface area (TPSA) is 93.4 Å². The van der Waals surface area contributed by atoms with Gasteiger partial charge in [-0.05, 0) is 37.3 Å². The van der Waals surface area contributed by atoms with Gasteiger partial charge in [-0.3, -0.25) is 9.59 Å². The van der Waals surface area contributed by atoms with Gasteiger partial charge < -0.3 is 21.1 Å². The summed E-state index contributed by atoms with van der Waals surface area (Å²) in [6, 6.07) is 11.9. The molecule has 0 unspecified atom stereocenters. The predicted molar refractivity (Wildman–Crippen MR) is 106 cm³/mol. The minimum absolute atomic E-state index is 0.166. The number of thioether (sulfide) groups is 1. The van der Waals surface area contributed by atoms with E-state index < -0.39 is 11.9 Å². The summed E-state index contributed by atoms with van der Waals surface area (Å²) in [5.74, 6) is 0.0372. The van der Waals surface area contributed by atoms with Gasteiger partial charge in [0.1, 0.15) is 11.8 Å². The molecule has 0 spiro atoms. The van der Waals surface area contributed by atoms with Crippen LogP contribution in [0, 0.1) is 0 Å². The van der Waals surface area contributed by atoms with Gasteiger partial charge in [0.15, 0.2) is 0 Å². The van der Waals surface area contributed by atoms with Crippen molar-refractivity contribution in [3.05, 3.63) is 47.5 Å². The number of ether oxygens (including phenoxy) is 1. The summed E-state index contributed by atoms with van der Waals surface area (Å²) in [4.78, 5) is 24.4. The largest absolute Gasteiger partial charge is 0.495 e. The number of para-hydroxylation sites is 1. The van der Waals surface area contributed by atoms with E-state index in [-0.39, 0.29) is 11.7 Å². The number of carbonyl (C=O) groups is 2. The Kier molecular flexibility index (Phi) is 7.17. The van der Waals surface area contributed by atoms with Gasteiger partial charge in [0, 0.05) is 15.6 Å². The van der Waals surface area contributed by atoms with E-state index in [2.05, 4.69) is 10.6 Å². The fraction of sp³-hybridized carbons (Fsp3) is 0.222. The van der Waals surface area contributed by atoms with E-state index >= 15 is 0 Å². The molecule has 2 aromatic carbocycles. The maximum atomic E-state index is 12.5. The standard InChI is InChI=1S/C18H20ClN3O3S/c1-11(18(24)22-14-9-12(19)7-8-15(14)25-2)21-13-5-3-4-6-16(13)26-10-17(20)23/h3-9,11,21H,10H2,1-2H3,(H2,20,23)(H,22,24)/t11-/m1/s1. The fourth-order valence-corrected chi connectivity index (χ4v) is 3.11. The molecule has 0 aliphatic heterocycles. The lowest BCUT2D eigenvalue weighted by Crippen LogP contribution is -2.32. The second-order valence-corrected chi connectivity index (χ2v) is 6.90. The lowest BCUT2D eigenvalue weighted by molar-refractivity contribution is -0.117. The third kappa shape index (κ3) is 5.57. The molecule has 2 aromatic rings. The average molecular weight is 394 g/mol. The van der Waals surface area contributed by atoms with Gasteiger partial charge in [0.25, 0.3) is 0 Å². The Balaban J connectivity index is 2.08. The van der Waals surface area contributed by atoms with Crippen LogP contribution in [0.3, 0.4) is 0 Å². The third-order valence-corrected chi connectivity index (χ3v) is 4.77. The summed E-state index contributed by atoms with van der Waals surface area (Å²) in [6.45, 7) is 1.74. The number of nitrogens with two attached hydrogens (primary N) is 1. The van der Waals surface area contributed by atoms with Crippen molar-refractivity contribution >= 4 is 46.6 Å². The van der Waals surface area contributed by atoms with Crippen molar-refractivity contribution in [3.63, 3.8) is 0 Å². The van der Waals surface area contributed by atoms with Crippen LogP contribution in [0.15, 0.2) is 47.4 Å². The Labute approximate surface area is 161 Å². The van der Waals surface area contributed by atoms with Gasteiger partial charge in [-0.15, -0.1) is 11.8 Å². The molecular formula is C18H20ClN3O3S. The number of carbonyl (C=O) groups excluding carboxylic acids is 2. The summed E-state index contributed by atoms with van der Waals surface area (Å²) in [5.41, 5.74) is 6.44. The lowest BCUT2D eigenvalue weighted by atomic mass is 10.2. The zero-order valence-electron chi connectivity index (χ0n) is 14.4. The molecule has 0 radical (unpaired) electrons. The quantitative estimate of drug-likeness (QED) is 0.598. The van der Waals surface area contributed by atoms with Gasteiger partial charge >= 0.3 is 0 Å². The van der Waals surface area contributed by atoms with Crippen LogP contribution in [-0.4, -0.2) is 30.7 Å². The molecule has 0 saturated carbocycles. The minimum atomic E-state index is -0.533. The van der Waals surface area contributed by atoms with E-state index in [0.717, 1.165) is 10.6 Å². The van der Waals surface area contributed by atoms with Crippen molar-refractivity contribution in [3.8, 4) is 5.75 Å². The van der Waals surface area contributed by atoms with Crippen LogP contribution in [-0.2, 0) is 9.59 Å². The monoisotopic (exact) mass is 393 g/mol. The first kappa shape index (κ1) is 19.9. The summed E-state index contributed by atoms with van der Waals surface area (Å²) < 4.78 is 5.23. The second kappa shape index (κ2) is 9.35. The molecule has 0 saturated heterocycles. The molecule has 0 aliphatic carbocycles. The molecular weight excluding hydrogens is 374 g/mol. The molecule has 1 atom stereocenters. The number of hydrogen-bond donors (Lipinski definition) is 3. The van der Waals surface area contributed by atoms with Crippen LogP contribution in [0.4, 0.5) is 11.4 Å². The van der Waals surface area contributed by atoms with Gasteiger partial charge in [0.2, 0.25) is 11.8 Å². The first-order valence-corrected chi connectivity index (χ1v) is 9.18. The Morgan fingerprint density at radius 2 is 1.96 bits per heavy atom.